The maximum Gasteiger partial charge on any atom is 0.0909 e. The third kappa shape index (κ3) is 6.16. The summed E-state index contributed by atoms with van der Waals surface area (Å²) < 4.78 is 11.4. The lowest BCUT2D eigenvalue weighted by Gasteiger charge is -2.31. The van der Waals surface area contributed by atoms with Crippen LogP contribution in [-0.2, 0) is 9.47 Å². The number of rotatable bonds is 10. The molecule has 0 saturated heterocycles. The number of hydrogen-bond acceptors (Lipinski definition) is 2. The molecule has 0 aromatic carbocycles. The maximum absolute atomic E-state index is 5.70. The molecule has 0 aromatic rings. The van der Waals surface area contributed by atoms with Crippen molar-refractivity contribution in [3.05, 3.63) is 6.92 Å². The Hall–Kier alpha value is -0.0800. The molecule has 0 aromatic heterocycles. The highest BCUT2D eigenvalue weighted by molar-refractivity contribution is 4.77. The minimum absolute atomic E-state index is 0.103. The van der Waals surface area contributed by atoms with Gasteiger partial charge in [0.25, 0.3) is 0 Å². The van der Waals surface area contributed by atoms with E-state index in [0.717, 1.165) is 25.9 Å². The zero-order valence-corrected chi connectivity index (χ0v) is 10.7. The fourth-order valence-corrected chi connectivity index (χ4v) is 1.63. The van der Waals surface area contributed by atoms with Crippen LogP contribution in [0, 0.1) is 6.92 Å². The molecule has 0 heterocycles. The van der Waals surface area contributed by atoms with Crippen LogP contribution in [0.25, 0.3) is 0 Å². The van der Waals surface area contributed by atoms with E-state index in [1.165, 1.54) is 12.8 Å². The van der Waals surface area contributed by atoms with Gasteiger partial charge in [0.05, 0.1) is 12.2 Å². The van der Waals surface area contributed by atoms with Gasteiger partial charge in [0.15, 0.2) is 0 Å². The molecule has 0 fully saturated rings. The molecule has 0 rings (SSSR count). The fraction of sp³-hybridized carbons (Fsp3) is 0.923. The smallest absolute Gasteiger partial charge is 0.0909 e. The molecule has 0 atom stereocenters. The fourth-order valence-electron chi connectivity index (χ4n) is 1.63. The average Bonchev–Trinajstić information content (AvgIpc) is 2.27. The molecule has 91 valence electrons. The lowest BCUT2D eigenvalue weighted by molar-refractivity contribution is -0.0940. The van der Waals surface area contributed by atoms with Gasteiger partial charge in [-0.05, 0) is 26.2 Å². The topological polar surface area (TPSA) is 18.5 Å². The molecular weight excluding hydrogens is 188 g/mol. The van der Waals surface area contributed by atoms with Crippen LogP contribution < -0.4 is 0 Å². The van der Waals surface area contributed by atoms with Crippen molar-refractivity contribution >= 4 is 0 Å². The van der Waals surface area contributed by atoms with E-state index in [-0.39, 0.29) is 5.60 Å². The van der Waals surface area contributed by atoms with Crippen LogP contribution in [0.5, 0.6) is 0 Å². The highest BCUT2D eigenvalue weighted by atomic mass is 16.5. The van der Waals surface area contributed by atoms with Crippen LogP contribution in [-0.4, -0.2) is 25.4 Å². The lowest BCUT2D eigenvalue weighted by atomic mass is 9.98. The summed E-state index contributed by atoms with van der Waals surface area (Å²) in [6, 6.07) is 0. The minimum Gasteiger partial charge on any atom is -0.378 e. The molecular formula is C13H27O2. The van der Waals surface area contributed by atoms with Crippen molar-refractivity contribution in [3.8, 4) is 0 Å². The van der Waals surface area contributed by atoms with Crippen molar-refractivity contribution in [2.75, 3.05) is 19.8 Å². The average molecular weight is 215 g/mol. The second-order valence-corrected chi connectivity index (χ2v) is 4.00. The highest BCUT2D eigenvalue weighted by Gasteiger charge is 2.26. The third-order valence-electron chi connectivity index (χ3n) is 2.95. The van der Waals surface area contributed by atoms with E-state index in [2.05, 4.69) is 27.7 Å². The Morgan fingerprint density at radius 3 is 2.20 bits per heavy atom. The normalized spacial score (nSPS) is 12.0. The van der Waals surface area contributed by atoms with Crippen LogP contribution >= 0.6 is 0 Å². The lowest BCUT2D eigenvalue weighted by Crippen LogP contribution is -2.36. The molecule has 0 spiro atoms. The zero-order valence-electron chi connectivity index (χ0n) is 10.7. The molecule has 0 amide bonds. The largest absolute Gasteiger partial charge is 0.378 e. The maximum atomic E-state index is 5.70. The number of ether oxygens (including phenoxy) is 2. The molecule has 0 unspecified atom stereocenters. The van der Waals surface area contributed by atoms with Crippen molar-refractivity contribution in [1.29, 1.82) is 0 Å². The van der Waals surface area contributed by atoms with Gasteiger partial charge in [-0.3, -0.25) is 0 Å². The molecule has 1 radical (unpaired) electrons. The Labute approximate surface area is 95.3 Å². The van der Waals surface area contributed by atoms with Gasteiger partial charge in [-0.25, -0.2) is 0 Å². The molecule has 0 aliphatic rings. The van der Waals surface area contributed by atoms with Crippen LogP contribution in [0.4, 0.5) is 0 Å². The van der Waals surface area contributed by atoms with Crippen molar-refractivity contribution in [3.63, 3.8) is 0 Å². The monoisotopic (exact) mass is 215 g/mol. The molecule has 0 N–H and O–H groups in total. The van der Waals surface area contributed by atoms with E-state index in [0.29, 0.717) is 13.2 Å². The standard InChI is InChI=1S/C13H27O2/c1-5-9-10-11-14-12-13(6-2,7-3)15-8-4/h4-12H2,1-3H3. The first-order chi connectivity index (χ1) is 7.24. The molecule has 2 nitrogen and oxygen atoms in total. The van der Waals surface area contributed by atoms with Gasteiger partial charge < -0.3 is 9.47 Å². The van der Waals surface area contributed by atoms with Gasteiger partial charge in [-0.2, -0.15) is 0 Å². The quantitative estimate of drug-likeness (QED) is 0.518. The summed E-state index contributed by atoms with van der Waals surface area (Å²) in [6.07, 6.45) is 5.64. The van der Waals surface area contributed by atoms with Crippen molar-refractivity contribution in [2.24, 2.45) is 0 Å². The second-order valence-electron chi connectivity index (χ2n) is 4.00. The van der Waals surface area contributed by atoms with Gasteiger partial charge in [0.1, 0.15) is 0 Å². The molecule has 0 saturated carbocycles. The van der Waals surface area contributed by atoms with Crippen molar-refractivity contribution < 1.29 is 9.47 Å². The van der Waals surface area contributed by atoms with E-state index < -0.39 is 0 Å². The Balaban J connectivity index is 3.74. The summed E-state index contributed by atoms with van der Waals surface area (Å²) in [7, 11) is 0. The Morgan fingerprint density at radius 1 is 1.07 bits per heavy atom. The molecule has 15 heavy (non-hydrogen) atoms. The predicted molar refractivity (Wildman–Crippen MR) is 65.0 cm³/mol. The van der Waals surface area contributed by atoms with Crippen LogP contribution in [0.1, 0.15) is 52.9 Å². The molecule has 0 bridgehead atoms. The van der Waals surface area contributed by atoms with E-state index in [1.54, 1.807) is 0 Å². The van der Waals surface area contributed by atoms with Gasteiger partial charge in [0.2, 0.25) is 0 Å². The van der Waals surface area contributed by atoms with E-state index >= 15 is 0 Å². The summed E-state index contributed by atoms with van der Waals surface area (Å²) in [5.41, 5.74) is -0.103. The Morgan fingerprint density at radius 2 is 1.73 bits per heavy atom. The minimum atomic E-state index is -0.103. The molecule has 0 aliphatic heterocycles. The first-order valence-corrected chi connectivity index (χ1v) is 6.25. The first-order valence-electron chi connectivity index (χ1n) is 6.25. The van der Waals surface area contributed by atoms with Crippen LogP contribution in [0.2, 0.25) is 0 Å². The van der Waals surface area contributed by atoms with Gasteiger partial charge in [-0.15, -0.1) is 0 Å². The SMILES string of the molecule is [CH2]COC(CC)(CC)COCCCCC. The summed E-state index contributed by atoms with van der Waals surface area (Å²) in [4.78, 5) is 0. The van der Waals surface area contributed by atoms with Gasteiger partial charge in [0, 0.05) is 13.2 Å². The third-order valence-corrected chi connectivity index (χ3v) is 2.95. The van der Waals surface area contributed by atoms with Crippen molar-refractivity contribution in [2.45, 2.75) is 58.5 Å². The highest BCUT2D eigenvalue weighted by Crippen LogP contribution is 2.20. The van der Waals surface area contributed by atoms with E-state index in [9.17, 15) is 0 Å². The van der Waals surface area contributed by atoms with Gasteiger partial charge in [-0.1, -0.05) is 33.6 Å². The zero-order chi connectivity index (χ0) is 11.6. The van der Waals surface area contributed by atoms with Gasteiger partial charge >= 0.3 is 0 Å². The number of hydrogen-bond donors (Lipinski definition) is 0. The number of unbranched alkanes of at least 4 members (excludes halogenated alkanes) is 2. The predicted octanol–water partition coefficient (Wildman–Crippen LogP) is 3.60. The Bertz CT molecular complexity index is 130. The summed E-state index contributed by atoms with van der Waals surface area (Å²) in [6.45, 7) is 12.3. The second kappa shape index (κ2) is 9.17. The Kier molecular flexibility index (Phi) is 9.12. The van der Waals surface area contributed by atoms with Crippen LogP contribution in [0.15, 0.2) is 0 Å². The summed E-state index contributed by atoms with van der Waals surface area (Å²) in [5.74, 6) is 0. The first kappa shape index (κ1) is 14.9. The molecule has 0 aliphatic carbocycles. The molecule has 2 heteroatoms. The summed E-state index contributed by atoms with van der Waals surface area (Å²) in [5, 5.41) is 0. The van der Waals surface area contributed by atoms with E-state index in [1.807, 2.05) is 0 Å². The van der Waals surface area contributed by atoms with Crippen molar-refractivity contribution in [1.82, 2.24) is 0 Å². The summed E-state index contributed by atoms with van der Waals surface area (Å²) >= 11 is 0. The van der Waals surface area contributed by atoms with Crippen LogP contribution in [0.3, 0.4) is 0 Å². The van der Waals surface area contributed by atoms with E-state index in [4.69, 9.17) is 9.47 Å².